The van der Waals surface area contributed by atoms with E-state index in [0.29, 0.717) is 29.0 Å². The first-order chi connectivity index (χ1) is 19.2. The van der Waals surface area contributed by atoms with E-state index in [-0.39, 0.29) is 28.8 Å². The second-order valence-electron chi connectivity index (χ2n) is 8.85. The van der Waals surface area contributed by atoms with Crippen LogP contribution in [0.3, 0.4) is 0 Å². The number of carbonyl (C=O) groups excluding carboxylic acids is 1. The van der Waals surface area contributed by atoms with Gasteiger partial charge in [0.15, 0.2) is 17.3 Å². The molecule has 3 heterocycles. The van der Waals surface area contributed by atoms with Crippen molar-refractivity contribution in [2.45, 2.75) is 20.3 Å². The molecule has 6 rings (SSSR count). The van der Waals surface area contributed by atoms with Gasteiger partial charge in [0.2, 0.25) is 11.2 Å². The van der Waals surface area contributed by atoms with Gasteiger partial charge in [-0.2, -0.15) is 4.39 Å². The first-order valence-electron chi connectivity index (χ1n) is 12.3. The topological polar surface area (TPSA) is 97.3 Å². The number of furan rings is 1. The van der Waals surface area contributed by atoms with Gasteiger partial charge in [-0.1, -0.05) is 24.3 Å². The summed E-state index contributed by atoms with van der Waals surface area (Å²) in [7, 11) is 0. The molecular weight excluding hydrogens is 516 g/mol. The molecule has 2 N–H and O–H groups in total. The van der Waals surface area contributed by atoms with Crippen LogP contribution in [-0.2, 0) is 0 Å². The average molecular weight is 544 g/mol. The number of nitrogens with one attached hydrogen (secondary N) is 2. The number of para-hydroxylation sites is 1. The lowest BCUT2D eigenvalue weighted by Crippen LogP contribution is -2.31. The van der Waals surface area contributed by atoms with Gasteiger partial charge in [0.05, 0.1) is 11.1 Å². The molecule has 9 heteroatoms. The van der Waals surface area contributed by atoms with E-state index in [0.717, 1.165) is 16.8 Å². The second kappa shape index (κ2) is 11.4. The molecule has 0 saturated carbocycles. The molecule has 0 aliphatic carbocycles. The van der Waals surface area contributed by atoms with Gasteiger partial charge in [0.25, 0.3) is 5.91 Å². The molecule has 0 unspecified atom stereocenters. The minimum atomic E-state index is -1.26. The third-order valence-electron chi connectivity index (χ3n) is 6.10. The van der Waals surface area contributed by atoms with Crippen molar-refractivity contribution < 1.29 is 22.7 Å². The largest absolute Gasteiger partial charge is 0.456 e. The molecule has 3 aromatic carbocycles. The maximum absolute atomic E-state index is 14.8. The molecule has 2 aromatic heterocycles. The Bertz CT molecular complexity index is 1870. The Hall–Kier alpha value is -5.05. The Kier molecular flexibility index (Phi) is 7.95. The average Bonchev–Trinajstić information content (AvgIpc) is 3.30. The van der Waals surface area contributed by atoms with Crippen LogP contribution in [-0.4, -0.2) is 22.7 Å². The van der Waals surface area contributed by atoms with Crippen molar-refractivity contribution in [3.63, 3.8) is 0 Å². The molecule has 5 aromatic rings. The third kappa shape index (κ3) is 4.77. The van der Waals surface area contributed by atoms with Crippen molar-refractivity contribution in [3.05, 3.63) is 102 Å². The van der Waals surface area contributed by atoms with Gasteiger partial charge in [0, 0.05) is 41.7 Å². The van der Waals surface area contributed by atoms with Crippen molar-refractivity contribution >= 4 is 44.5 Å². The minimum absolute atomic E-state index is 0.0174. The van der Waals surface area contributed by atoms with Crippen LogP contribution in [0.2, 0.25) is 0 Å². The van der Waals surface area contributed by atoms with Crippen molar-refractivity contribution in [1.82, 2.24) is 9.88 Å². The number of hydrogen-bond acceptors (Lipinski definition) is 5. The van der Waals surface area contributed by atoms with E-state index in [4.69, 9.17) is 14.6 Å². The molecule has 1 amide bonds. The third-order valence-corrected chi connectivity index (χ3v) is 6.10. The van der Waals surface area contributed by atoms with Crippen LogP contribution < -0.4 is 15.5 Å². The lowest BCUT2D eigenvalue weighted by Gasteiger charge is -2.24. The summed E-state index contributed by atoms with van der Waals surface area (Å²) >= 11 is 0. The van der Waals surface area contributed by atoms with E-state index in [1.165, 1.54) is 10.8 Å². The summed E-state index contributed by atoms with van der Waals surface area (Å²) in [6.45, 7) is 13.0. The molecule has 1 aliphatic heterocycles. The Morgan fingerprint density at radius 3 is 2.50 bits per heavy atom. The maximum Gasteiger partial charge on any atom is 0.256 e. The van der Waals surface area contributed by atoms with Crippen molar-refractivity contribution in [3.8, 4) is 17.2 Å². The Labute approximate surface area is 228 Å². The number of rotatable bonds is 4. The standard InChI is InChI=1S/C26H17F2N3O4.C3H6.C2H4/c1-12(29)6-7-30-26(33)16-11-31-18-10-20-14(13-4-2-3-5-19(13)34-20)9-21(18)35-25-22(28)17(27)8-15(23(25)31)24(16)32;1-3-2;1-2/h2-5,8-11,29H,6-7H2,1H3,(H,30,33);3H,1H2,2H3;1-2H2. The molecule has 0 spiro atoms. The summed E-state index contributed by atoms with van der Waals surface area (Å²) < 4.78 is 42.6. The van der Waals surface area contributed by atoms with E-state index in [1.54, 1.807) is 25.1 Å². The predicted octanol–water partition coefficient (Wildman–Crippen LogP) is 7.43. The summed E-state index contributed by atoms with van der Waals surface area (Å²) in [6, 6.07) is 11.5. The number of ether oxygens (including phenoxy) is 1. The van der Waals surface area contributed by atoms with Crippen LogP contribution in [0.5, 0.6) is 11.5 Å². The SMILES string of the molecule is C=C.C=CC.CC(=N)CCNC(=O)c1cn2c3c(c(F)c(F)cc3c1=O)Oc1cc3c(cc1-2)oc1ccccc13. The number of halogens is 2. The fourth-order valence-corrected chi connectivity index (χ4v) is 4.43. The normalized spacial score (nSPS) is 11.0. The molecule has 0 bridgehead atoms. The van der Waals surface area contributed by atoms with Gasteiger partial charge in [-0.3, -0.25) is 9.59 Å². The molecule has 7 nitrogen and oxygen atoms in total. The molecule has 1 aliphatic rings. The highest BCUT2D eigenvalue weighted by Crippen LogP contribution is 2.44. The Balaban J connectivity index is 0.000000695. The highest BCUT2D eigenvalue weighted by molar-refractivity contribution is 6.07. The lowest BCUT2D eigenvalue weighted by atomic mass is 10.1. The predicted molar refractivity (Wildman–Crippen MR) is 154 cm³/mol. The zero-order chi connectivity index (χ0) is 29.1. The number of fused-ring (bicyclic) bond motifs is 5. The van der Waals surface area contributed by atoms with Gasteiger partial charge >= 0.3 is 0 Å². The van der Waals surface area contributed by atoms with Gasteiger partial charge in [-0.05, 0) is 32.0 Å². The van der Waals surface area contributed by atoms with Crippen molar-refractivity contribution in [1.29, 1.82) is 5.41 Å². The number of amides is 1. The first-order valence-corrected chi connectivity index (χ1v) is 12.3. The van der Waals surface area contributed by atoms with Gasteiger partial charge in [0.1, 0.15) is 22.2 Å². The summed E-state index contributed by atoms with van der Waals surface area (Å²) in [6.07, 6.45) is 3.37. The molecule has 0 atom stereocenters. The van der Waals surface area contributed by atoms with E-state index < -0.39 is 28.7 Å². The van der Waals surface area contributed by atoms with Gasteiger partial charge in [-0.25, -0.2) is 4.39 Å². The van der Waals surface area contributed by atoms with Gasteiger partial charge < -0.3 is 24.4 Å². The zero-order valence-corrected chi connectivity index (χ0v) is 22.1. The fraction of sp³-hybridized carbons (Fsp3) is 0.129. The van der Waals surface area contributed by atoms with Crippen LogP contribution >= 0.6 is 0 Å². The van der Waals surface area contributed by atoms with Crippen LogP contribution in [0.25, 0.3) is 38.5 Å². The highest BCUT2D eigenvalue weighted by atomic mass is 19.2. The number of pyridine rings is 1. The number of hydrogen-bond donors (Lipinski definition) is 2. The van der Waals surface area contributed by atoms with Crippen LogP contribution in [0.4, 0.5) is 8.78 Å². The van der Waals surface area contributed by atoms with Gasteiger partial charge in [-0.15, -0.1) is 19.7 Å². The Morgan fingerprint density at radius 2 is 1.80 bits per heavy atom. The second-order valence-corrected chi connectivity index (χ2v) is 8.85. The van der Waals surface area contributed by atoms with Crippen molar-refractivity contribution in [2.75, 3.05) is 6.54 Å². The zero-order valence-electron chi connectivity index (χ0n) is 22.1. The van der Waals surface area contributed by atoms with Crippen LogP contribution in [0.15, 0.2) is 83.7 Å². The molecule has 0 radical (unpaired) electrons. The minimum Gasteiger partial charge on any atom is -0.456 e. The monoisotopic (exact) mass is 543 g/mol. The summed E-state index contributed by atoms with van der Waals surface area (Å²) in [4.78, 5) is 26.0. The van der Waals surface area contributed by atoms with E-state index in [2.05, 4.69) is 25.1 Å². The maximum atomic E-state index is 14.8. The molecule has 0 saturated heterocycles. The van der Waals surface area contributed by atoms with Crippen LogP contribution in [0.1, 0.15) is 30.6 Å². The Morgan fingerprint density at radius 1 is 1.10 bits per heavy atom. The highest BCUT2D eigenvalue weighted by Gasteiger charge is 2.29. The molecular formula is C31H27F2N3O4. The molecule has 40 heavy (non-hydrogen) atoms. The van der Waals surface area contributed by atoms with Crippen LogP contribution in [0, 0.1) is 17.0 Å². The van der Waals surface area contributed by atoms with E-state index in [1.807, 2.05) is 31.2 Å². The quantitative estimate of drug-likeness (QED) is 0.178. The molecule has 0 fully saturated rings. The van der Waals surface area contributed by atoms with Crippen molar-refractivity contribution in [2.24, 2.45) is 0 Å². The number of benzene rings is 3. The first kappa shape index (κ1) is 28.0. The molecule has 204 valence electrons. The van der Waals surface area contributed by atoms with E-state index >= 15 is 0 Å². The number of allylic oxidation sites excluding steroid dienone is 1. The smallest absolute Gasteiger partial charge is 0.256 e. The fourth-order valence-electron chi connectivity index (χ4n) is 4.43. The summed E-state index contributed by atoms with van der Waals surface area (Å²) in [5.41, 5.74) is 0.976. The summed E-state index contributed by atoms with van der Waals surface area (Å²) in [5.74, 6) is -3.37. The number of nitrogens with zero attached hydrogens (tertiary/aromatic N) is 1. The summed E-state index contributed by atoms with van der Waals surface area (Å²) in [5, 5.41) is 11.5. The van der Waals surface area contributed by atoms with E-state index in [9.17, 15) is 18.4 Å². The number of carbonyl (C=O) groups is 1. The number of aromatic nitrogens is 1. The lowest BCUT2D eigenvalue weighted by molar-refractivity contribution is 0.0953.